The molecule has 0 radical (unpaired) electrons. The number of thioether (sulfide) groups is 1. The minimum absolute atomic E-state index is 0.447. The van der Waals surface area contributed by atoms with Gasteiger partial charge in [0, 0.05) is 17.2 Å². The highest BCUT2D eigenvalue weighted by molar-refractivity contribution is 7.99. The van der Waals surface area contributed by atoms with Crippen molar-refractivity contribution in [3.8, 4) is 0 Å². The summed E-state index contributed by atoms with van der Waals surface area (Å²) in [6.45, 7) is 3.10. The van der Waals surface area contributed by atoms with Crippen molar-refractivity contribution in [2.24, 2.45) is 0 Å². The molecule has 1 aromatic carbocycles. The molecule has 1 fully saturated rings. The molecular weight excluding hydrogens is 230 g/mol. The third-order valence-corrected chi connectivity index (χ3v) is 4.16. The lowest BCUT2D eigenvalue weighted by atomic mass is 10.2. The third-order valence-electron chi connectivity index (χ3n) is 3.04. The molecule has 1 aliphatic heterocycles. The van der Waals surface area contributed by atoms with Crippen LogP contribution in [0, 0.1) is 0 Å². The Morgan fingerprint density at radius 1 is 1.41 bits per heavy atom. The predicted octanol–water partition coefficient (Wildman–Crippen LogP) is 3.07. The van der Waals surface area contributed by atoms with E-state index in [4.69, 9.17) is 4.74 Å². The average molecular weight is 251 g/mol. The Kier molecular flexibility index (Phi) is 4.89. The first kappa shape index (κ1) is 12.9. The van der Waals surface area contributed by atoms with Crippen molar-refractivity contribution in [2.75, 3.05) is 12.8 Å². The minimum Gasteiger partial charge on any atom is -0.374 e. The highest BCUT2D eigenvalue weighted by atomic mass is 32.2. The molecule has 94 valence electrons. The van der Waals surface area contributed by atoms with Crippen LogP contribution in [0.4, 0.5) is 0 Å². The summed E-state index contributed by atoms with van der Waals surface area (Å²) in [5.74, 6) is 1.08. The van der Waals surface area contributed by atoms with Gasteiger partial charge < -0.3 is 10.1 Å². The molecule has 1 aromatic rings. The third kappa shape index (κ3) is 4.02. The largest absolute Gasteiger partial charge is 0.374 e. The van der Waals surface area contributed by atoms with Crippen molar-refractivity contribution in [1.29, 1.82) is 0 Å². The summed E-state index contributed by atoms with van der Waals surface area (Å²) in [6, 6.07) is 8.74. The molecule has 2 atom stereocenters. The number of hydrogen-bond acceptors (Lipinski definition) is 3. The second kappa shape index (κ2) is 6.43. The molecule has 0 bridgehead atoms. The zero-order valence-corrected chi connectivity index (χ0v) is 11.4. The van der Waals surface area contributed by atoms with Gasteiger partial charge in [0.2, 0.25) is 0 Å². The van der Waals surface area contributed by atoms with Crippen LogP contribution in [0.5, 0.6) is 0 Å². The zero-order valence-electron chi connectivity index (χ0n) is 10.6. The first-order valence-corrected chi connectivity index (χ1v) is 7.28. The van der Waals surface area contributed by atoms with Gasteiger partial charge in [-0.2, -0.15) is 0 Å². The van der Waals surface area contributed by atoms with Crippen molar-refractivity contribution < 1.29 is 4.74 Å². The predicted molar refractivity (Wildman–Crippen MR) is 73.5 cm³/mol. The Balaban J connectivity index is 1.83. The van der Waals surface area contributed by atoms with Crippen LogP contribution in [0.2, 0.25) is 0 Å². The molecule has 2 nitrogen and oxygen atoms in total. The smallest absolute Gasteiger partial charge is 0.0673 e. The van der Waals surface area contributed by atoms with E-state index in [0.717, 1.165) is 12.3 Å². The number of hydrogen-bond donors (Lipinski definition) is 1. The summed E-state index contributed by atoms with van der Waals surface area (Å²) in [6.07, 6.45) is 3.33. The summed E-state index contributed by atoms with van der Waals surface area (Å²) in [5, 5.41) is 3.18. The Bertz CT molecular complexity index is 356. The fraction of sp³-hybridized carbons (Fsp3) is 0.571. The van der Waals surface area contributed by atoms with E-state index in [2.05, 4.69) is 36.5 Å². The van der Waals surface area contributed by atoms with Crippen LogP contribution in [0.15, 0.2) is 29.2 Å². The Hall–Kier alpha value is -0.510. The van der Waals surface area contributed by atoms with Crippen molar-refractivity contribution >= 4 is 11.8 Å². The molecular formula is C14H21NOS. The molecule has 1 saturated heterocycles. The van der Waals surface area contributed by atoms with E-state index in [9.17, 15) is 0 Å². The van der Waals surface area contributed by atoms with E-state index in [0.29, 0.717) is 12.2 Å². The van der Waals surface area contributed by atoms with E-state index in [1.54, 1.807) is 0 Å². The van der Waals surface area contributed by atoms with Gasteiger partial charge in [-0.1, -0.05) is 12.1 Å². The van der Waals surface area contributed by atoms with Gasteiger partial charge in [-0.05, 0) is 44.5 Å². The second-order valence-corrected chi connectivity index (χ2v) is 5.73. The number of rotatable bonds is 5. The van der Waals surface area contributed by atoms with Crippen LogP contribution in [-0.2, 0) is 11.3 Å². The molecule has 0 aliphatic carbocycles. The number of benzene rings is 1. The first-order chi connectivity index (χ1) is 8.28. The molecule has 0 saturated carbocycles. The lowest BCUT2D eigenvalue weighted by molar-refractivity contribution is 0.0700. The van der Waals surface area contributed by atoms with E-state index >= 15 is 0 Å². The standard InChI is InChI=1S/C14H21NOS/c1-11-6-7-13(16-11)10-17-14-5-3-4-12(8-14)9-15-2/h3-5,8,11,13,15H,6-7,9-10H2,1-2H3. The quantitative estimate of drug-likeness (QED) is 0.813. The van der Waals surface area contributed by atoms with Crippen molar-refractivity contribution in [2.45, 2.75) is 43.4 Å². The van der Waals surface area contributed by atoms with Crippen LogP contribution in [0.3, 0.4) is 0 Å². The molecule has 2 rings (SSSR count). The summed E-state index contributed by atoms with van der Waals surface area (Å²) in [5.41, 5.74) is 1.35. The molecule has 2 unspecified atom stereocenters. The molecule has 3 heteroatoms. The number of nitrogens with one attached hydrogen (secondary N) is 1. The van der Waals surface area contributed by atoms with Crippen molar-refractivity contribution in [3.63, 3.8) is 0 Å². The average Bonchev–Trinajstić information content (AvgIpc) is 2.74. The van der Waals surface area contributed by atoms with E-state index < -0.39 is 0 Å². The number of ether oxygens (including phenoxy) is 1. The van der Waals surface area contributed by atoms with Gasteiger partial charge in [0.15, 0.2) is 0 Å². The summed E-state index contributed by atoms with van der Waals surface area (Å²) in [4.78, 5) is 1.35. The van der Waals surface area contributed by atoms with Gasteiger partial charge in [0.05, 0.1) is 12.2 Å². The fourth-order valence-corrected chi connectivity index (χ4v) is 3.18. The van der Waals surface area contributed by atoms with Gasteiger partial charge in [0.25, 0.3) is 0 Å². The highest BCUT2D eigenvalue weighted by Gasteiger charge is 2.21. The summed E-state index contributed by atoms with van der Waals surface area (Å²) in [7, 11) is 1.98. The lowest BCUT2D eigenvalue weighted by Gasteiger charge is -2.11. The van der Waals surface area contributed by atoms with Gasteiger partial charge in [-0.3, -0.25) is 0 Å². The van der Waals surface area contributed by atoms with Crippen LogP contribution in [-0.4, -0.2) is 25.0 Å². The first-order valence-electron chi connectivity index (χ1n) is 6.29. The molecule has 0 spiro atoms. The van der Waals surface area contributed by atoms with Crippen LogP contribution in [0.25, 0.3) is 0 Å². The molecule has 1 heterocycles. The zero-order chi connectivity index (χ0) is 12.1. The van der Waals surface area contributed by atoms with Gasteiger partial charge in [0.1, 0.15) is 0 Å². The van der Waals surface area contributed by atoms with Crippen molar-refractivity contribution in [1.82, 2.24) is 5.32 Å². The maximum absolute atomic E-state index is 5.83. The van der Waals surface area contributed by atoms with Gasteiger partial charge in [-0.25, -0.2) is 0 Å². The minimum atomic E-state index is 0.447. The van der Waals surface area contributed by atoms with E-state index in [-0.39, 0.29) is 0 Å². The van der Waals surface area contributed by atoms with E-state index in [1.165, 1.54) is 23.3 Å². The molecule has 0 amide bonds. The second-order valence-electron chi connectivity index (χ2n) is 4.63. The molecule has 0 aromatic heterocycles. The van der Waals surface area contributed by atoms with Gasteiger partial charge in [-0.15, -0.1) is 11.8 Å². The normalized spacial score (nSPS) is 24.1. The van der Waals surface area contributed by atoms with Crippen LogP contribution >= 0.6 is 11.8 Å². The maximum Gasteiger partial charge on any atom is 0.0673 e. The topological polar surface area (TPSA) is 21.3 Å². The molecule has 1 aliphatic rings. The van der Waals surface area contributed by atoms with Crippen molar-refractivity contribution in [3.05, 3.63) is 29.8 Å². The van der Waals surface area contributed by atoms with Crippen LogP contribution < -0.4 is 5.32 Å². The molecule has 1 N–H and O–H groups in total. The Morgan fingerprint density at radius 2 is 2.29 bits per heavy atom. The fourth-order valence-electron chi connectivity index (χ4n) is 2.15. The highest BCUT2D eigenvalue weighted by Crippen LogP contribution is 2.26. The Morgan fingerprint density at radius 3 is 3.00 bits per heavy atom. The SMILES string of the molecule is CNCc1cccc(SCC2CCC(C)O2)c1. The summed E-state index contributed by atoms with van der Waals surface area (Å²) < 4.78 is 5.83. The molecule has 17 heavy (non-hydrogen) atoms. The lowest BCUT2D eigenvalue weighted by Crippen LogP contribution is -2.10. The Labute approximate surface area is 108 Å². The maximum atomic E-state index is 5.83. The van der Waals surface area contributed by atoms with Crippen LogP contribution in [0.1, 0.15) is 25.3 Å². The van der Waals surface area contributed by atoms with E-state index in [1.807, 2.05) is 18.8 Å². The monoisotopic (exact) mass is 251 g/mol. The summed E-state index contributed by atoms with van der Waals surface area (Å²) >= 11 is 1.91. The van der Waals surface area contributed by atoms with Gasteiger partial charge >= 0.3 is 0 Å².